The first kappa shape index (κ1) is 34.2. The summed E-state index contributed by atoms with van der Waals surface area (Å²) >= 11 is 9.75. The number of carbonyl (C=O) groups is 2. The molecule has 236 valence electrons. The van der Waals surface area contributed by atoms with Gasteiger partial charge in [-0.25, -0.2) is 8.42 Å². The van der Waals surface area contributed by atoms with Crippen LogP contribution in [0.25, 0.3) is 0 Å². The summed E-state index contributed by atoms with van der Waals surface area (Å²) < 4.78 is 30.2. The molecule has 0 radical (unpaired) electrons. The number of anilines is 1. The lowest BCUT2D eigenvalue weighted by Gasteiger charge is -2.35. The first-order valence-corrected chi connectivity index (χ1v) is 17.1. The molecule has 0 aromatic heterocycles. The van der Waals surface area contributed by atoms with Gasteiger partial charge in [0.05, 0.1) is 10.6 Å². The minimum atomic E-state index is -4.21. The molecular formula is C35H37BrClN3O4S. The van der Waals surface area contributed by atoms with Crippen LogP contribution < -0.4 is 9.62 Å². The highest BCUT2D eigenvalue weighted by atomic mass is 79.9. The smallest absolute Gasteiger partial charge is 0.264 e. The van der Waals surface area contributed by atoms with E-state index in [1.54, 1.807) is 30.3 Å². The Morgan fingerprint density at radius 3 is 2.11 bits per heavy atom. The average molecular weight is 711 g/mol. The van der Waals surface area contributed by atoms with Crippen molar-refractivity contribution >= 4 is 55.1 Å². The maximum atomic E-state index is 14.5. The fourth-order valence-electron chi connectivity index (χ4n) is 4.79. The van der Waals surface area contributed by atoms with Crippen LogP contribution in [0, 0.1) is 6.92 Å². The van der Waals surface area contributed by atoms with Crippen molar-refractivity contribution in [1.29, 1.82) is 0 Å². The van der Waals surface area contributed by atoms with Crippen LogP contribution in [0.3, 0.4) is 0 Å². The van der Waals surface area contributed by atoms with Gasteiger partial charge in [0, 0.05) is 28.0 Å². The predicted octanol–water partition coefficient (Wildman–Crippen LogP) is 7.16. The summed E-state index contributed by atoms with van der Waals surface area (Å²) in [4.78, 5) is 30.0. The Labute approximate surface area is 279 Å². The van der Waals surface area contributed by atoms with Gasteiger partial charge >= 0.3 is 0 Å². The summed E-state index contributed by atoms with van der Waals surface area (Å²) in [6, 6.07) is 28.8. The molecule has 0 saturated heterocycles. The Hall–Kier alpha value is -3.66. The number of nitrogens with zero attached hydrogens (tertiary/aromatic N) is 2. The molecule has 0 fully saturated rings. The number of rotatable bonds is 11. The first-order chi connectivity index (χ1) is 21.2. The molecular weight excluding hydrogens is 674 g/mol. The van der Waals surface area contributed by atoms with Crippen LogP contribution >= 0.6 is 27.5 Å². The maximum Gasteiger partial charge on any atom is 0.264 e. The molecule has 0 spiro atoms. The Bertz CT molecular complexity index is 1730. The van der Waals surface area contributed by atoms with E-state index in [-0.39, 0.29) is 29.5 Å². The molecule has 0 aliphatic carbocycles. The number of nitrogens with one attached hydrogen (secondary N) is 1. The first-order valence-electron chi connectivity index (χ1n) is 14.5. The fraction of sp³-hybridized carbons (Fsp3) is 0.257. The quantitative estimate of drug-likeness (QED) is 0.179. The summed E-state index contributed by atoms with van der Waals surface area (Å²) in [6.45, 7) is 7.02. The van der Waals surface area contributed by atoms with E-state index < -0.39 is 34.1 Å². The van der Waals surface area contributed by atoms with E-state index in [4.69, 9.17) is 11.6 Å². The van der Waals surface area contributed by atoms with Crippen molar-refractivity contribution in [3.8, 4) is 0 Å². The maximum absolute atomic E-state index is 14.5. The second-order valence-corrected chi connectivity index (χ2v) is 15.1. The van der Waals surface area contributed by atoms with Crippen LogP contribution in [0.5, 0.6) is 0 Å². The van der Waals surface area contributed by atoms with E-state index in [0.717, 1.165) is 25.5 Å². The number of hydrogen-bond acceptors (Lipinski definition) is 4. The zero-order valence-electron chi connectivity index (χ0n) is 25.7. The van der Waals surface area contributed by atoms with Gasteiger partial charge in [-0.15, -0.1) is 0 Å². The summed E-state index contributed by atoms with van der Waals surface area (Å²) in [7, 11) is -4.21. The van der Waals surface area contributed by atoms with Crippen molar-refractivity contribution in [2.45, 2.75) is 57.1 Å². The molecule has 2 amide bonds. The Balaban J connectivity index is 1.81. The molecule has 0 unspecified atom stereocenters. The summed E-state index contributed by atoms with van der Waals surface area (Å²) in [5.74, 6) is -0.883. The van der Waals surface area contributed by atoms with Gasteiger partial charge < -0.3 is 10.2 Å². The predicted molar refractivity (Wildman–Crippen MR) is 184 cm³/mol. The topological polar surface area (TPSA) is 86.8 Å². The number of aryl methyl sites for hydroxylation is 1. The van der Waals surface area contributed by atoms with E-state index in [0.29, 0.717) is 5.02 Å². The van der Waals surface area contributed by atoms with Gasteiger partial charge in [-0.2, -0.15) is 0 Å². The van der Waals surface area contributed by atoms with Gasteiger partial charge in [-0.1, -0.05) is 93.8 Å². The fourth-order valence-corrected chi connectivity index (χ4v) is 6.65. The van der Waals surface area contributed by atoms with E-state index in [1.165, 1.54) is 23.1 Å². The number of amides is 2. The molecule has 4 rings (SSSR count). The lowest BCUT2D eigenvalue weighted by molar-refractivity contribution is -0.140. The van der Waals surface area contributed by atoms with Crippen LogP contribution in [0.15, 0.2) is 112 Å². The highest BCUT2D eigenvalue weighted by Crippen LogP contribution is 2.27. The van der Waals surface area contributed by atoms with Crippen LogP contribution in [0.4, 0.5) is 5.69 Å². The van der Waals surface area contributed by atoms with Gasteiger partial charge in [0.1, 0.15) is 12.6 Å². The van der Waals surface area contributed by atoms with Crippen molar-refractivity contribution in [3.05, 3.63) is 129 Å². The van der Waals surface area contributed by atoms with E-state index in [9.17, 15) is 18.0 Å². The summed E-state index contributed by atoms with van der Waals surface area (Å²) in [6.07, 6.45) is 0.229. The van der Waals surface area contributed by atoms with Gasteiger partial charge in [0.25, 0.3) is 10.0 Å². The normalized spacial score (nSPS) is 12.3. The molecule has 4 aromatic rings. The van der Waals surface area contributed by atoms with Crippen molar-refractivity contribution in [3.63, 3.8) is 0 Å². The van der Waals surface area contributed by atoms with Gasteiger partial charge in [-0.3, -0.25) is 13.9 Å². The lowest BCUT2D eigenvalue weighted by atomic mass is 10.0. The largest absolute Gasteiger partial charge is 0.350 e. The number of sulfonamides is 1. The number of hydrogen-bond donors (Lipinski definition) is 1. The van der Waals surface area contributed by atoms with Crippen molar-refractivity contribution in [2.24, 2.45) is 0 Å². The highest BCUT2D eigenvalue weighted by molar-refractivity contribution is 9.10. The van der Waals surface area contributed by atoms with E-state index >= 15 is 0 Å². The van der Waals surface area contributed by atoms with Crippen LogP contribution in [-0.2, 0) is 32.6 Å². The number of halogens is 2. The highest BCUT2D eigenvalue weighted by Gasteiger charge is 2.35. The van der Waals surface area contributed by atoms with Gasteiger partial charge in [0.2, 0.25) is 11.8 Å². The van der Waals surface area contributed by atoms with Crippen molar-refractivity contribution < 1.29 is 18.0 Å². The third-order valence-corrected chi connectivity index (χ3v) is 9.57. The molecule has 0 aliphatic heterocycles. The van der Waals surface area contributed by atoms with Gasteiger partial charge in [-0.05, 0) is 81.3 Å². The SMILES string of the molecule is Cc1ccc(S(=O)(=O)N(CC(=O)N(Cc2ccc(Br)cc2)[C@H](Cc2ccccc2)C(=O)NC(C)(C)C)c2cccc(Cl)c2)cc1. The van der Waals surface area contributed by atoms with Crippen molar-refractivity contribution in [2.75, 3.05) is 10.8 Å². The van der Waals surface area contributed by atoms with Gasteiger partial charge in [0.15, 0.2) is 0 Å². The lowest BCUT2D eigenvalue weighted by Crippen LogP contribution is -2.56. The molecule has 7 nitrogen and oxygen atoms in total. The minimum absolute atomic E-state index is 0.0339. The molecule has 1 N–H and O–H groups in total. The minimum Gasteiger partial charge on any atom is -0.350 e. The zero-order valence-corrected chi connectivity index (χ0v) is 28.9. The number of carbonyl (C=O) groups excluding carboxylic acids is 2. The third kappa shape index (κ3) is 9.42. The molecule has 0 heterocycles. The Morgan fingerprint density at radius 1 is 0.867 bits per heavy atom. The molecule has 0 bridgehead atoms. The second kappa shape index (κ2) is 14.6. The summed E-state index contributed by atoms with van der Waals surface area (Å²) in [5, 5.41) is 3.36. The molecule has 0 saturated carbocycles. The van der Waals surface area contributed by atoms with E-state index in [1.807, 2.05) is 82.3 Å². The molecule has 1 atom stereocenters. The molecule has 0 aliphatic rings. The van der Waals surface area contributed by atoms with E-state index in [2.05, 4.69) is 21.2 Å². The third-order valence-electron chi connectivity index (χ3n) is 7.02. The number of benzene rings is 4. The second-order valence-electron chi connectivity index (χ2n) is 11.9. The molecule has 45 heavy (non-hydrogen) atoms. The zero-order chi connectivity index (χ0) is 32.8. The Morgan fingerprint density at radius 2 is 1.51 bits per heavy atom. The average Bonchev–Trinajstić information content (AvgIpc) is 2.98. The van der Waals surface area contributed by atoms with Crippen LogP contribution in [0.2, 0.25) is 5.02 Å². The standard InChI is InChI=1S/C35H37BrClN3O4S/c1-25-13-19-31(20-14-25)45(43,44)40(30-12-8-11-29(37)22-30)24-33(41)39(23-27-15-17-28(36)18-16-27)32(34(42)38-35(2,3)4)21-26-9-6-5-7-10-26/h5-20,22,32H,21,23-24H2,1-4H3,(H,38,42)/t32-/m1/s1. The van der Waals surface area contributed by atoms with Crippen LogP contribution in [-0.4, -0.2) is 43.3 Å². The molecule has 10 heteroatoms. The van der Waals surface area contributed by atoms with Crippen molar-refractivity contribution in [1.82, 2.24) is 10.2 Å². The Kier molecular flexibility index (Phi) is 11.1. The molecule has 4 aromatic carbocycles. The monoisotopic (exact) mass is 709 g/mol. The summed E-state index contributed by atoms with van der Waals surface area (Å²) in [5.41, 5.74) is 2.20. The van der Waals surface area contributed by atoms with Crippen LogP contribution in [0.1, 0.15) is 37.5 Å².